The Kier molecular flexibility index (Phi) is 5.53. The summed E-state index contributed by atoms with van der Waals surface area (Å²) in [5.74, 6) is 1.83. The topological polar surface area (TPSA) is 77.0 Å². The lowest BCUT2D eigenvalue weighted by Crippen LogP contribution is -2.00. The third-order valence-electron chi connectivity index (χ3n) is 4.27. The maximum atomic E-state index is 11.5. The smallest absolute Gasteiger partial charge is 0.219 e. The van der Waals surface area contributed by atoms with E-state index in [0.717, 1.165) is 28.8 Å². The lowest BCUT2D eigenvalue weighted by atomic mass is 10.1. The summed E-state index contributed by atoms with van der Waals surface area (Å²) in [6.07, 6.45) is 5.85. The Morgan fingerprint density at radius 2 is 1.83 bits per heavy atom. The zero-order chi connectivity index (χ0) is 19.9. The first kappa shape index (κ1) is 18.3. The molecule has 0 fully saturated rings. The number of ether oxygens (including phenoxy) is 1. The van der Waals surface area contributed by atoms with E-state index in [2.05, 4.69) is 20.3 Å². The number of carbonyl (C=O) groups excluding carboxylic acids is 1. The van der Waals surface area contributed by atoms with Gasteiger partial charge in [-0.15, -0.1) is 0 Å². The Morgan fingerprint density at radius 3 is 2.55 bits per heavy atom. The first-order valence-corrected chi connectivity index (χ1v) is 9.10. The number of hydrogen-bond acceptors (Lipinski definition) is 6. The van der Waals surface area contributed by atoms with Gasteiger partial charge >= 0.3 is 0 Å². The molecule has 142 valence electrons. The Labute approximate surface area is 168 Å². The van der Waals surface area contributed by atoms with Crippen LogP contribution < -0.4 is 10.1 Å². The van der Waals surface area contributed by atoms with Gasteiger partial charge in [-0.05, 0) is 42.0 Å². The van der Waals surface area contributed by atoms with Crippen molar-refractivity contribution in [3.05, 3.63) is 96.6 Å². The van der Waals surface area contributed by atoms with Gasteiger partial charge < -0.3 is 10.1 Å². The van der Waals surface area contributed by atoms with Crippen molar-refractivity contribution >= 4 is 12.1 Å². The summed E-state index contributed by atoms with van der Waals surface area (Å²) >= 11 is 0. The van der Waals surface area contributed by atoms with Gasteiger partial charge in [0.2, 0.25) is 5.88 Å². The molecule has 0 saturated heterocycles. The first-order valence-electron chi connectivity index (χ1n) is 9.10. The molecular formula is C23H18N4O2. The van der Waals surface area contributed by atoms with E-state index >= 15 is 0 Å². The molecule has 3 aromatic heterocycles. The summed E-state index contributed by atoms with van der Waals surface area (Å²) in [5.41, 5.74) is 2.96. The minimum Gasteiger partial charge on any atom is -0.439 e. The molecule has 0 amide bonds. The van der Waals surface area contributed by atoms with Crippen molar-refractivity contribution < 1.29 is 9.53 Å². The number of carbonyl (C=O) groups is 1. The van der Waals surface area contributed by atoms with E-state index in [4.69, 9.17) is 4.74 Å². The Bertz CT molecular complexity index is 1080. The normalized spacial score (nSPS) is 10.3. The second kappa shape index (κ2) is 8.75. The van der Waals surface area contributed by atoms with E-state index in [9.17, 15) is 4.79 Å². The predicted octanol–water partition coefficient (Wildman–Crippen LogP) is 4.76. The number of aromatic nitrogens is 3. The van der Waals surface area contributed by atoms with E-state index in [1.807, 2.05) is 60.7 Å². The van der Waals surface area contributed by atoms with Crippen LogP contribution in [0.1, 0.15) is 16.1 Å². The van der Waals surface area contributed by atoms with Gasteiger partial charge in [0.15, 0.2) is 6.29 Å². The van der Waals surface area contributed by atoms with E-state index in [0.29, 0.717) is 23.9 Å². The molecule has 0 radical (unpaired) electrons. The Balaban J connectivity index is 1.44. The van der Waals surface area contributed by atoms with Gasteiger partial charge in [-0.1, -0.05) is 24.3 Å². The quantitative estimate of drug-likeness (QED) is 0.465. The fourth-order valence-corrected chi connectivity index (χ4v) is 2.83. The number of aldehydes is 1. The van der Waals surface area contributed by atoms with Gasteiger partial charge in [0.1, 0.15) is 17.3 Å². The van der Waals surface area contributed by atoms with Crippen molar-refractivity contribution in [2.24, 2.45) is 0 Å². The lowest BCUT2D eigenvalue weighted by Gasteiger charge is -2.09. The van der Waals surface area contributed by atoms with Gasteiger partial charge in [0.05, 0.1) is 0 Å². The number of rotatable bonds is 7. The molecule has 0 unspecified atom stereocenters. The second-order valence-electron chi connectivity index (χ2n) is 6.26. The van der Waals surface area contributed by atoms with Gasteiger partial charge in [-0.2, -0.15) is 0 Å². The molecule has 1 aromatic carbocycles. The SMILES string of the molecule is O=Cc1nc(Oc2ccc(CNc3ccccn3)cc2)ccc1-c1cccnc1. The average molecular weight is 382 g/mol. The van der Waals surface area contributed by atoms with Crippen LogP contribution in [0.4, 0.5) is 5.82 Å². The predicted molar refractivity (Wildman–Crippen MR) is 111 cm³/mol. The maximum absolute atomic E-state index is 11.5. The molecule has 0 saturated carbocycles. The molecule has 0 aliphatic carbocycles. The molecule has 0 aliphatic heterocycles. The van der Waals surface area contributed by atoms with E-state index in [-0.39, 0.29) is 0 Å². The molecule has 0 bridgehead atoms. The number of pyridine rings is 3. The second-order valence-corrected chi connectivity index (χ2v) is 6.26. The van der Waals surface area contributed by atoms with Crippen LogP contribution in [0.3, 0.4) is 0 Å². The molecule has 4 rings (SSSR count). The van der Waals surface area contributed by atoms with Crippen molar-refractivity contribution in [1.29, 1.82) is 0 Å². The summed E-state index contributed by atoms with van der Waals surface area (Å²) in [6, 6.07) is 20.7. The van der Waals surface area contributed by atoms with Crippen molar-refractivity contribution in [3.63, 3.8) is 0 Å². The zero-order valence-electron chi connectivity index (χ0n) is 15.5. The average Bonchev–Trinajstić information content (AvgIpc) is 2.80. The van der Waals surface area contributed by atoms with Gasteiger partial charge in [0.25, 0.3) is 0 Å². The molecule has 1 N–H and O–H groups in total. The molecule has 3 heterocycles. The summed E-state index contributed by atoms with van der Waals surface area (Å²) < 4.78 is 5.81. The van der Waals surface area contributed by atoms with Crippen LogP contribution in [0.25, 0.3) is 11.1 Å². The minimum absolute atomic E-state index is 0.312. The molecule has 29 heavy (non-hydrogen) atoms. The number of benzene rings is 1. The van der Waals surface area contributed by atoms with Crippen molar-refractivity contribution in [2.75, 3.05) is 5.32 Å². The highest BCUT2D eigenvalue weighted by Gasteiger charge is 2.09. The molecule has 0 atom stereocenters. The van der Waals surface area contributed by atoms with Crippen LogP contribution in [-0.4, -0.2) is 21.2 Å². The van der Waals surface area contributed by atoms with Crippen LogP contribution >= 0.6 is 0 Å². The Morgan fingerprint density at radius 1 is 0.931 bits per heavy atom. The number of nitrogens with one attached hydrogen (secondary N) is 1. The molecule has 0 aliphatic rings. The highest BCUT2D eigenvalue weighted by atomic mass is 16.5. The van der Waals surface area contributed by atoms with Crippen LogP contribution in [0.15, 0.2) is 85.3 Å². The minimum atomic E-state index is 0.312. The number of nitrogens with zero attached hydrogens (tertiary/aromatic N) is 3. The molecule has 6 heteroatoms. The summed E-state index contributed by atoms with van der Waals surface area (Å²) in [7, 11) is 0. The summed E-state index contributed by atoms with van der Waals surface area (Å²) in [6.45, 7) is 0.657. The van der Waals surface area contributed by atoms with Gasteiger partial charge in [-0.3, -0.25) is 9.78 Å². The summed E-state index contributed by atoms with van der Waals surface area (Å²) in [5, 5.41) is 3.26. The van der Waals surface area contributed by atoms with E-state index in [1.165, 1.54) is 0 Å². The molecular weight excluding hydrogens is 364 g/mol. The zero-order valence-corrected chi connectivity index (χ0v) is 15.5. The number of hydrogen-bond donors (Lipinski definition) is 1. The van der Waals surface area contributed by atoms with Crippen LogP contribution in [0.2, 0.25) is 0 Å². The fraction of sp³-hybridized carbons (Fsp3) is 0.0435. The van der Waals surface area contributed by atoms with Crippen LogP contribution in [0, 0.1) is 0 Å². The van der Waals surface area contributed by atoms with E-state index in [1.54, 1.807) is 24.7 Å². The lowest BCUT2D eigenvalue weighted by molar-refractivity contribution is 0.111. The summed E-state index contributed by atoms with van der Waals surface area (Å²) in [4.78, 5) is 24.1. The van der Waals surface area contributed by atoms with Crippen molar-refractivity contribution in [2.45, 2.75) is 6.54 Å². The highest BCUT2D eigenvalue weighted by molar-refractivity contribution is 5.85. The molecule has 6 nitrogen and oxygen atoms in total. The van der Waals surface area contributed by atoms with Crippen LogP contribution in [0.5, 0.6) is 11.6 Å². The fourth-order valence-electron chi connectivity index (χ4n) is 2.83. The number of anilines is 1. The van der Waals surface area contributed by atoms with Crippen LogP contribution in [-0.2, 0) is 6.54 Å². The third kappa shape index (κ3) is 4.62. The van der Waals surface area contributed by atoms with Gasteiger partial charge in [0, 0.05) is 42.3 Å². The monoisotopic (exact) mass is 382 g/mol. The van der Waals surface area contributed by atoms with Crippen molar-refractivity contribution in [1.82, 2.24) is 15.0 Å². The Hall–Kier alpha value is -4.06. The molecule has 0 spiro atoms. The maximum Gasteiger partial charge on any atom is 0.219 e. The van der Waals surface area contributed by atoms with Gasteiger partial charge in [-0.25, -0.2) is 9.97 Å². The highest BCUT2D eigenvalue weighted by Crippen LogP contribution is 2.26. The first-order chi connectivity index (χ1) is 14.3. The van der Waals surface area contributed by atoms with Crippen molar-refractivity contribution in [3.8, 4) is 22.8 Å². The molecule has 4 aromatic rings. The van der Waals surface area contributed by atoms with E-state index < -0.39 is 0 Å². The largest absolute Gasteiger partial charge is 0.439 e. The standard InChI is InChI=1S/C23H18N4O2/c28-16-21-20(18-4-3-12-24-15-18)10-11-23(27-21)29-19-8-6-17(7-9-19)14-26-22-5-1-2-13-25-22/h1-13,15-16H,14H2,(H,25,26). The third-order valence-corrected chi connectivity index (χ3v) is 4.27.